The molecule has 1 aliphatic rings. The molecule has 1 aromatic heterocycles. The molecule has 1 fully saturated rings. The molecular formula is C18H22N2O4S. The minimum absolute atomic E-state index is 0.0679. The van der Waals surface area contributed by atoms with Gasteiger partial charge >= 0.3 is 5.97 Å². The van der Waals surface area contributed by atoms with E-state index in [4.69, 9.17) is 9.47 Å². The zero-order valence-electron chi connectivity index (χ0n) is 14.5. The molecule has 25 heavy (non-hydrogen) atoms. The Bertz CT molecular complexity index is 731. The molecule has 2 heterocycles. The largest absolute Gasteiger partial charge is 0.508 e. The number of phenolic OH excluding ortho intramolecular Hbond substituents is 1. The van der Waals surface area contributed by atoms with Crippen LogP contribution in [0.4, 0.5) is 0 Å². The molecular weight excluding hydrogens is 340 g/mol. The summed E-state index contributed by atoms with van der Waals surface area (Å²) in [6.07, 6.45) is -0.236. The SMILES string of the molecule is COC(=O)C1OC(c2csc(C)n2)CN1C(C)Cc1ccc(O)cc1. The van der Waals surface area contributed by atoms with E-state index in [1.165, 1.54) is 7.11 Å². The van der Waals surface area contributed by atoms with Gasteiger partial charge in [-0.25, -0.2) is 9.78 Å². The second-order valence-electron chi connectivity index (χ2n) is 6.21. The van der Waals surface area contributed by atoms with Crippen LogP contribution in [0.25, 0.3) is 0 Å². The lowest BCUT2D eigenvalue weighted by Gasteiger charge is -2.27. The summed E-state index contributed by atoms with van der Waals surface area (Å²) in [6.45, 7) is 4.59. The number of carbonyl (C=O) groups is 1. The van der Waals surface area contributed by atoms with Crippen molar-refractivity contribution in [2.45, 2.75) is 38.6 Å². The van der Waals surface area contributed by atoms with E-state index in [9.17, 15) is 9.90 Å². The number of hydrogen-bond donors (Lipinski definition) is 1. The summed E-state index contributed by atoms with van der Waals surface area (Å²) < 4.78 is 10.9. The van der Waals surface area contributed by atoms with Crippen LogP contribution >= 0.6 is 11.3 Å². The van der Waals surface area contributed by atoms with Crippen LogP contribution in [0, 0.1) is 6.92 Å². The van der Waals surface area contributed by atoms with Crippen LogP contribution in [0.5, 0.6) is 5.75 Å². The topological polar surface area (TPSA) is 71.9 Å². The van der Waals surface area contributed by atoms with E-state index in [1.54, 1.807) is 23.5 Å². The summed E-state index contributed by atoms with van der Waals surface area (Å²) in [5, 5.41) is 12.4. The first-order valence-corrected chi connectivity index (χ1v) is 9.05. The highest BCUT2D eigenvalue weighted by atomic mass is 32.1. The molecule has 3 rings (SSSR count). The Morgan fingerprint density at radius 1 is 1.48 bits per heavy atom. The summed E-state index contributed by atoms with van der Waals surface area (Å²) in [4.78, 5) is 18.7. The van der Waals surface area contributed by atoms with Gasteiger partial charge in [0.1, 0.15) is 11.9 Å². The summed E-state index contributed by atoms with van der Waals surface area (Å²) >= 11 is 1.57. The number of thiazole rings is 1. The molecule has 134 valence electrons. The average molecular weight is 362 g/mol. The van der Waals surface area contributed by atoms with Crippen molar-refractivity contribution < 1.29 is 19.4 Å². The maximum Gasteiger partial charge on any atom is 0.350 e. The van der Waals surface area contributed by atoms with Crippen LogP contribution in [0.2, 0.25) is 0 Å². The van der Waals surface area contributed by atoms with Gasteiger partial charge in [-0.2, -0.15) is 0 Å². The van der Waals surface area contributed by atoms with E-state index in [1.807, 2.05) is 29.3 Å². The van der Waals surface area contributed by atoms with Crippen LogP contribution in [0.3, 0.4) is 0 Å². The Hall–Kier alpha value is -1.96. The molecule has 1 aliphatic heterocycles. The fourth-order valence-electron chi connectivity index (χ4n) is 3.05. The predicted molar refractivity (Wildman–Crippen MR) is 94.5 cm³/mol. The van der Waals surface area contributed by atoms with E-state index in [0.29, 0.717) is 6.54 Å². The van der Waals surface area contributed by atoms with E-state index in [0.717, 1.165) is 22.7 Å². The third-order valence-corrected chi connectivity index (χ3v) is 5.17. The highest BCUT2D eigenvalue weighted by molar-refractivity contribution is 7.09. The minimum Gasteiger partial charge on any atom is -0.508 e. The van der Waals surface area contributed by atoms with Gasteiger partial charge in [-0.05, 0) is 38.0 Å². The second-order valence-corrected chi connectivity index (χ2v) is 7.27. The number of benzene rings is 1. The summed E-state index contributed by atoms with van der Waals surface area (Å²) in [6, 6.07) is 7.18. The number of aromatic hydroxyl groups is 1. The number of aromatic nitrogens is 1. The van der Waals surface area contributed by atoms with E-state index >= 15 is 0 Å². The molecule has 0 spiro atoms. The van der Waals surface area contributed by atoms with Crippen LogP contribution in [0.15, 0.2) is 29.6 Å². The average Bonchev–Trinajstić information content (AvgIpc) is 3.22. The first kappa shape index (κ1) is 17.8. The molecule has 0 bridgehead atoms. The van der Waals surface area contributed by atoms with Gasteiger partial charge in [-0.15, -0.1) is 11.3 Å². The molecule has 0 radical (unpaired) electrons. The number of aryl methyl sites for hydroxylation is 1. The highest BCUT2D eigenvalue weighted by Gasteiger charge is 2.42. The molecule has 6 nitrogen and oxygen atoms in total. The van der Waals surface area contributed by atoms with Crippen molar-refractivity contribution in [2.24, 2.45) is 0 Å². The lowest BCUT2D eigenvalue weighted by atomic mass is 10.1. The molecule has 1 aromatic carbocycles. The Labute approximate surface area is 151 Å². The first-order chi connectivity index (χ1) is 12.0. The van der Waals surface area contributed by atoms with Gasteiger partial charge in [0.25, 0.3) is 0 Å². The maximum absolute atomic E-state index is 12.2. The normalized spacial score (nSPS) is 22.0. The number of phenols is 1. The zero-order chi connectivity index (χ0) is 18.0. The molecule has 1 N–H and O–H groups in total. The predicted octanol–water partition coefficient (Wildman–Crippen LogP) is 2.66. The third-order valence-electron chi connectivity index (χ3n) is 4.37. The van der Waals surface area contributed by atoms with E-state index in [-0.39, 0.29) is 17.9 Å². The van der Waals surface area contributed by atoms with Crippen molar-refractivity contribution in [2.75, 3.05) is 13.7 Å². The minimum atomic E-state index is -0.732. The van der Waals surface area contributed by atoms with Gasteiger partial charge in [0.15, 0.2) is 0 Å². The number of esters is 1. The molecule has 2 aromatic rings. The van der Waals surface area contributed by atoms with Gasteiger partial charge < -0.3 is 14.6 Å². The van der Waals surface area contributed by atoms with Crippen molar-refractivity contribution in [3.63, 3.8) is 0 Å². The molecule has 0 aliphatic carbocycles. The van der Waals surface area contributed by atoms with Crippen LogP contribution < -0.4 is 0 Å². The van der Waals surface area contributed by atoms with Crippen molar-refractivity contribution >= 4 is 17.3 Å². The van der Waals surface area contributed by atoms with Crippen molar-refractivity contribution in [1.29, 1.82) is 0 Å². The molecule has 7 heteroatoms. The van der Waals surface area contributed by atoms with Crippen molar-refractivity contribution in [3.05, 3.63) is 45.9 Å². The second kappa shape index (κ2) is 7.51. The molecule has 0 saturated carbocycles. The van der Waals surface area contributed by atoms with E-state index < -0.39 is 12.2 Å². The summed E-state index contributed by atoms with van der Waals surface area (Å²) in [7, 11) is 1.37. The Balaban J connectivity index is 1.76. The Kier molecular flexibility index (Phi) is 5.36. The summed E-state index contributed by atoms with van der Waals surface area (Å²) in [5.74, 6) is -0.153. The fourth-order valence-corrected chi connectivity index (χ4v) is 3.70. The third kappa shape index (κ3) is 4.00. The maximum atomic E-state index is 12.2. The van der Waals surface area contributed by atoms with Crippen molar-refractivity contribution in [1.82, 2.24) is 9.88 Å². The Morgan fingerprint density at radius 2 is 2.20 bits per heavy atom. The smallest absolute Gasteiger partial charge is 0.350 e. The van der Waals surface area contributed by atoms with Gasteiger partial charge in [0.2, 0.25) is 6.23 Å². The number of carbonyl (C=O) groups excluding carboxylic acids is 1. The highest BCUT2D eigenvalue weighted by Crippen LogP contribution is 2.32. The number of ether oxygens (including phenoxy) is 2. The van der Waals surface area contributed by atoms with Crippen LogP contribution in [-0.2, 0) is 20.7 Å². The molecule has 0 amide bonds. The van der Waals surface area contributed by atoms with Gasteiger partial charge in [0.05, 0.1) is 17.8 Å². The number of rotatable bonds is 5. The monoisotopic (exact) mass is 362 g/mol. The van der Waals surface area contributed by atoms with Crippen LogP contribution in [0.1, 0.15) is 29.3 Å². The van der Waals surface area contributed by atoms with E-state index in [2.05, 4.69) is 11.9 Å². The molecule has 3 unspecified atom stereocenters. The number of hydrogen-bond acceptors (Lipinski definition) is 7. The number of methoxy groups -OCH3 is 1. The lowest BCUT2D eigenvalue weighted by Crippen LogP contribution is -2.44. The van der Waals surface area contributed by atoms with Gasteiger partial charge in [-0.1, -0.05) is 12.1 Å². The van der Waals surface area contributed by atoms with Crippen molar-refractivity contribution in [3.8, 4) is 5.75 Å². The fraction of sp³-hybridized carbons (Fsp3) is 0.444. The number of nitrogens with zero attached hydrogens (tertiary/aromatic N) is 2. The lowest BCUT2D eigenvalue weighted by molar-refractivity contribution is -0.162. The Morgan fingerprint density at radius 3 is 2.80 bits per heavy atom. The summed E-state index contributed by atoms with van der Waals surface area (Å²) in [5.41, 5.74) is 1.94. The quantitative estimate of drug-likeness (QED) is 0.825. The van der Waals surface area contributed by atoms with Crippen LogP contribution in [-0.4, -0.2) is 46.9 Å². The standard InChI is InChI=1S/C18H22N2O4S/c1-11(8-13-4-6-14(21)7-5-13)20-9-16(15-10-25-12(2)19-15)24-17(20)18(22)23-3/h4-7,10-11,16-17,21H,8-9H2,1-3H3. The first-order valence-electron chi connectivity index (χ1n) is 8.17. The molecule has 3 atom stereocenters. The van der Waals surface area contributed by atoms with Gasteiger partial charge in [-0.3, -0.25) is 4.90 Å². The molecule has 1 saturated heterocycles. The van der Waals surface area contributed by atoms with Gasteiger partial charge in [0, 0.05) is 18.0 Å². The zero-order valence-corrected chi connectivity index (χ0v) is 15.3.